The van der Waals surface area contributed by atoms with Crippen LogP contribution in [0.5, 0.6) is 0 Å². The molecule has 4 N–H and O–H groups in total. The highest BCUT2D eigenvalue weighted by Gasteiger charge is 2.20. The van der Waals surface area contributed by atoms with E-state index in [-0.39, 0.29) is 0 Å². The van der Waals surface area contributed by atoms with Crippen LogP contribution in [0.25, 0.3) is 22.4 Å². The minimum absolute atomic E-state index is 0.518. The van der Waals surface area contributed by atoms with Crippen LogP contribution in [0, 0.1) is 0 Å². The fourth-order valence-corrected chi connectivity index (χ4v) is 3.53. The third kappa shape index (κ3) is 4.09. The second kappa shape index (κ2) is 8.36. The highest BCUT2D eigenvalue weighted by molar-refractivity contribution is 5.87. The lowest BCUT2D eigenvalue weighted by atomic mass is 10.2. The molecule has 150 valence electrons. The molecule has 0 saturated carbocycles. The van der Waals surface area contributed by atoms with Crippen molar-refractivity contribution in [3.8, 4) is 11.4 Å². The molecule has 0 atom stereocenters. The number of anilines is 2. The maximum Gasteiger partial charge on any atom is 0.161 e. The van der Waals surface area contributed by atoms with Crippen molar-refractivity contribution >= 4 is 22.7 Å². The highest BCUT2D eigenvalue weighted by Crippen LogP contribution is 2.33. The molecule has 0 unspecified atom stereocenters. The Balaban J connectivity index is 1.69. The van der Waals surface area contributed by atoms with Crippen LogP contribution in [0.3, 0.4) is 0 Å². The number of aromatic amines is 1. The second-order valence-corrected chi connectivity index (χ2v) is 7.43. The first-order chi connectivity index (χ1) is 14.1. The predicted molar refractivity (Wildman–Crippen MR) is 119 cm³/mol. The summed E-state index contributed by atoms with van der Waals surface area (Å²) in [7, 11) is 4.18. The molecule has 0 aliphatic carbocycles. The van der Waals surface area contributed by atoms with Gasteiger partial charge in [0.25, 0.3) is 0 Å². The van der Waals surface area contributed by atoms with Crippen LogP contribution in [-0.4, -0.2) is 45.3 Å². The van der Waals surface area contributed by atoms with Crippen LogP contribution in [0.15, 0.2) is 54.6 Å². The van der Waals surface area contributed by atoms with Crippen molar-refractivity contribution < 1.29 is 0 Å². The number of hydrogen-bond donors (Lipinski definition) is 3. The summed E-state index contributed by atoms with van der Waals surface area (Å²) < 4.78 is 2.24. The molecule has 0 amide bonds. The van der Waals surface area contributed by atoms with E-state index in [2.05, 4.69) is 57.3 Å². The molecule has 7 nitrogen and oxygen atoms in total. The van der Waals surface area contributed by atoms with Crippen molar-refractivity contribution in [2.45, 2.75) is 19.5 Å². The Kier molecular flexibility index (Phi) is 5.48. The van der Waals surface area contributed by atoms with E-state index in [1.807, 2.05) is 36.4 Å². The Hall–Kier alpha value is -3.32. The number of nitrogens with one attached hydrogen (secondary N) is 2. The summed E-state index contributed by atoms with van der Waals surface area (Å²) in [4.78, 5) is 7.09. The predicted octanol–water partition coefficient (Wildman–Crippen LogP) is 3.57. The number of nitrogen functional groups attached to an aromatic ring is 1. The molecule has 0 saturated heterocycles. The highest BCUT2D eigenvalue weighted by atomic mass is 15.2. The Bertz CT molecular complexity index is 1080. The number of hydrogen-bond acceptors (Lipinski definition) is 5. The minimum Gasteiger partial charge on any atom is -0.383 e. The van der Waals surface area contributed by atoms with Crippen molar-refractivity contribution in [2.75, 3.05) is 31.7 Å². The van der Waals surface area contributed by atoms with Crippen LogP contribution in [-0.2, 0) is 13.1 Å². The summed E-state index contributed by atoms with van der Waals surface area (Å²) in [6.07, 6.45) is 1.02. The molecule has 0 bridgehead atoms. The fraction of sp³-hybridized carbons (Fsp3) is 0.273. The molecule has 4 rings (SSSR count). The van der Waals surface area contributed by atoms with Gasteiger partial charge < -0.3 is 20.5 Å². The molecule has 0 radical (unpaired) electrons. The SMILES string of the molecule is CN(C)CCCn1c(-c2c(NCc3ccccc3)n[nH]c2N)nc2ccccc21. The lowest BCUT2D eigenvalue weighted by molar-refractivity contribution is 0.388. The number of nitrogens with zero attached hydrogens (tertiary/aromatic N) is 4. The van der Waals surface area contributed by atoms with E-state index in [0.717, 1.165) is 47.7 Å². The Morgan fingerprint density at radius 2 is 1.83 bits per heavy atom. The number of fused-ring (bicyclic) bond motifs is 1. The summed E-state index contributed by atoms with van der Waals surface area (Å²) in [6.45, 7) is 2.53. The van der Waals surface area contributed by atoms with Crippen molar-refractivity contribution in [1.29, 1.82) is 0 Å². The Labute approximate surface area is 170 Å². The Morgan fingerprint density at radius 1 is 1.07 bits per heavy atom. The third-order valence-corrected chi connectivity index (χ3v) is 4.96. The van der Waals surface area contributed by atoms with Gasteiger partial charge in [0.05, 0.1) is 11.0 Å². The van der Waals surface area contributed by atoms with Gasteiger partial charge in [0.15, 0.2) is 5.82 Å². The number of aryl methyl sites for hydroxylation is 1. The van der Waals surface area contributed by atoms with Crippen LogP contribution >= 0.6 is 0 Å². The largest absolute Gasteiger partial charge is 0.383 e. The molecule has 0 aliphatic rings. The summed E-state index contributed by atoms with van der Waals surface area (Å²) in [5, 5.41) is 10.7. The van der Waals surface area contributed by atoms with E-state index in [4.69, 9.17) is 10.7 Å². The number of rotatable bonds is 8. The summed E-state index contributed by atoms with van der Waals surface area (Å²) in [5.41, 5.74) is 10.4. The van der Waals surface area contributed by atoms with E-state index in [0.29, 0.717) is 12.4 Å². The van der Waals surface area contributed by atoms with Gasteiger partial charge in [-0.15, -0.1) is 0 Å². The first-order valence-electron chi connectivity index (χ1n) is 9.85. The third-order valence-electron chi connectivity index (χ3n) is 4.96. The maximum absolute atomic E-state index is 6.29. The van der Waals surface area contributed by atoms with E-state index in [1.54, 1.807) is 0 Å². The molecule has 4 aromatic rings. The molecule has 7 heteroatoms. The summed E-state index contributed by atoms with van der Waals surface area (Å²) in [6, 6.07) is 18.4. The van der Waals surface area contributed by atoms with Crippen LogP contribution in [0.1, 0.15) is 12.0 Å². The van der Waals surface area contributed by atoms with Gasteiger partial charge in [-0.2, -0.15) is 5.10 Å². The van der Waals surface area contributed by atoms with Gasteiger partial charge in [-0.05, 0) is 44.8 Å². The monoisotopic (exact) mass is 389 g/mol. The van der Waals surface area contributed by atoms with Gasteiger partial charge >= 0.3 is 0 Å². The zero-order valence-electron chi connectivity index (χ0n) is 16.9. The zero-order valence-corrected chi connectivity index (χ0v) is 16.9. The summed E-state index contributed by atoms with van der Waals surface area (Å²) in [5.74, 6) is 2.08. The van der Waals surface area contributed by atoms with E-state index >= 15 is 0 Å². The first kappa shape index (κ1) is 19.0. The van der Waals surface area contributed by atoms with E-state index < -0.39 is 0 Å². The van der Waals surface area contributed by atoms with Crippen molar-refractivity contribution in [2.24, 2.45) is 0 Å². The van der Waals surface area contributed by atoms with Gasteiger partial charge in [-0.1, -0.05) is 42.5 Å². The zero-order chi connectivity index (χ0) is 20.2. The van der Waals surface area contributed by atoms with Crippen LogP contribution in [0.4, 0.5) is 11.6 Å². The molecule has 29 heavy (non-hydrogen) atoms. The first-order valence-corrected chi connectivity index (χ1v) is 9.85. The average molecular weight is 390 g/mol. The lowest BCUT2D eigenvalue weighted by Crippen LogP contribution is -2.15. The van der Waals surface area contributed by atoms with Gasteiger partial charge in [-0.3, -0.25) is 5.10 Å². The number of para-hydroxylation sites is 2. The lowest BCUT2D eigenvalue weighted by Gasteiger charge is -2.13. The smallest absolute Gasteiger partial charge is 0.161 e. The molecule has 0 spiro atoms. The van der Waals surface area contributed by atoms with Crippen molar-refractivity contribution in [3.63, 3.8) is 0 Å². The van der Waals surface area contributed by atoms with Gasteiger partial charge in [0, 0.05) is 13.1 Å². The summed E-state index contributed by atoms with van der Waals surface area (Å²) >= 11 is 0. The van der Waals surface area contributed by atoms with Crippen LogP contribution in [0.2, 0.25) is 0 Å². The molecular formula is C22H27N7. The van der Waals surface area contributed by atoms with Gasteiger partial charge in [0.1, 0.15) is 17.2 Å². The quantitative estimate of drug-likeness (QED) is 0.429. The topological polar surface area (TPSA) is 87.8 Å². The van der Waals surface area contributed by atoms with Gasteiger partial charge in [-0.25, -0.2) is 4.98 Å². The van der Waals surface area contributed by atoms with E-state index in [9.17, 15) is 0 Å². The molecule has 2 aromatic carbocycles. The Morgan fingerprint density at radius 3 is 2.62 bits per heavy atom. The number of imidazole rings is 1. The normalized spacial score (nSPS) is 11.4. The molecule has 2 heterocycles. The molecule has 0 fully saturated rings. The van der Waals surface area contributed by atoms with Gasteiger partial charge in [0.2, 0.25) is 0 Å². The fourth-order valence-electron chi connectivity index (χ4n) is 3.53. The number of nitrogens with two attached hydrogens (primary N) is 1. The van der Waals surface area contributed by atoms with E-state index in [1.165, 1.54) is 5.56 Å². The van der Waals surface area contributed by atoms with Crippen molar-refractivity contribution in [3.05, 3.63) is 60.2 Å². The van der Waals surface area contributed by atoms with Crippen molar-refractivity contribution in [1.82, 2.24) is 24.6 Å². The minimum atomic E-state index is 0.518. The average Bonchev–Trinajstić information content (AvgIpc) is 3.27. The van der Waals surface area contributed by atoms with Crippen LogP contribution < -0.4 is 11.1 Å². The second-order valence-electron chi connectivity index (χ2n) is 7.43. The molecule has 0 aliphatic heterocycles. The standard InChI is InChI=1S/C22H27N7/c1-28(2)13-8-14-29-18-12-7-6-11-17(18)25-22(29)19-20(23)26-27-21(19)24-15-16-9-4-3-5-10-16/h3-7,9-12H,8,13-15H2,1-2H3,(H4,23,24,26,27). The molecular weight excluding hydrogens is 362 g/mol. The number of aromatic nitrogens is 4. The molecule has 2 aromatic heterocycles. The number of H-pyrrole nitrogens is 1. The number of benzene rings is 2. The maximum atomic E-state index is 6.29.